The van der Waals surface area contributed by atoms with Gasteiger partial charge in [-0.25, -0.2) is 9.97 Å². The highest BCUT2D eigenvalue weighted by molar-refractivity contribution is 5.77. The summed E-state index contributed by atoms with van der Waals surface area (Å²) in [4.78, 5) is 8.59. The van der Waals surface area contributed by atoms with Crippen LogP contribution in [0.15, 0.2) is 35.1 Å². The lowest BCUT2D eigenvalue weighted by atomic mass is 10.3. The summed E-state index contributed by atoms with van der Waals surface area (Å²) in [5.41, 5.74) is 4.00. The molecule has 0 spiro atoms. The summed E-state index contributed by atoms with van der Waals surface area (Å²) < 4.78 is 7.75. The number of hydrogen-bond acceptors (Lipinski definition) is 4. The van der Waals surface area contributed by atoms with Crippen LogP contribution in [0.3, 0.4) is 0 Å². The van der Waals surface area contributed by atoms with E-state index in [1.807, 2.05) is 37.6 Å². The second kappa shape index (κ2) is 4.37. The van der Waals surface area contributed by atoms with Crippen molar-refractivity contribution in [3.8, 4) is 0 Å². The first kappa shape index (κ1) is 11.5. The number of hydrogen-bond donors (Lipinski definition) is 1. The van der Waals surface area contributed by atoms with Crippen LogP contribution in [-0.4, -0.2) is 14.5 Å². The smallest absolute Gasteiger partial charge is 0.192 e. The Morgan fingerprint density at radius 1 is 1.40 bits per heavy atom. The molecule has 1 aliphatic rings. The fraction of sp³-hybridized carbons (Fsp3) is 0.333. The van der Waals surface area contributed by atoms with Crippen molar-refractivity contribution in [3.05, 3.63) is 42.3 Å². The molecule has 0 saturated heterocycles. The Kier molecular flexibility index (Phi) is 2.52. The second-order valence-electron chi connectivity index (χ2n) is 5.29. The van der Waals surface area contributed by atoms with Gasteiger partial charge >= 0.3 is 0 Å². The third kappa shape index (κ3) is 2.05. The van der Waals surface area contributed by atoms with Crippen LogP contribution < -0.4 is 5.32 Å². The predicted octanol–water partition coefficient (Wildman–Crippen LogP) is 3.28. The fourth-order valence-corrected chi connectivity index (χ4v) is 2.50. The number of anilines is 1. The molecule has 0 unspecified atom stereocenters. The van der Waals surface area contributed by atoms with Gasteiger partial charge in [0.2, 0.25) is 0 Å². The molecule has 0 aliphatic heterocycles. The van der Waals surface area contributed by atoms with Gasteiger partial charge in [0.1, 0.15) is 5.52 Å². The van der Waals surface area contributed by atoms with Gasteiger partial charge in [0.25, 0.3) is 0 Å². The Hall–Kier alpha value is -2.30. The van der Waals surface area contributed by atoms with E-state index >= 15 is 0 Å². The number of aryl methyl sites for hydroxylation is 1. The third-order valence-electron chi connectivity index (χ3n) is 3.65. The molecule has 5 heteroatoms. The normalized spacial score (nSPS) is 14.8. The first-order chi connectivity index (χ1) is 9.79. The molecule has 1 fully saturated rings. The molecule has 102 valence electrons. The first-order valence-electron chi connectivity index (χ1n) is 6.91. The van der Waals surface area contributed by atoms with Gasteiger partial charge in [-0.15, -0.1) is 0 Å². The highest BCUT2D eigenvalue weighted by atomic mass is 16.3. The van der Waals surface area contributed by atoms with Crippen molar-refractivity contribution >= 4 is 16.8 Å². The van der Waals surface area contributed by atoms with Gasteiger partial charge in [-0.2, -0.15) is 0 Å². The molecule has 0 amide bonds. The highest BCUT2D eigenvalue weighted by Crippen LogP contribution is 2.35. The first-order valence-corrected chi connectivity index (χ1v) is 6.91. The van der Waals surface area contributed by atoms with Gasteiger partial charge in [0.15, 0.2) is 11.5 Å². The number of oxazole rings is 1. The lowest BCUT2D eigenvalue weighted by Crippen LogP contribution is -2.05. The van der Waals surface area contributed by atoms with Crippen LogP contribution in [0.1, 0.15) is 30.5 Å². The molecule has 2 heterocycles. The van der Waals surface area contributed by atoms with Crippen molar-refractivity contribution in [3.63, 3.8) is 0 Å². The Labute approximate surface area is 116 Å². The number of aromatic nitrogens is 3. The van der Waals surface area contributed by atoms with Crippen molar-refractivity contribution < 1.29 is 4.42 Å². The summed E-state index contributed by atoms with van der Waals surface area (Å²) >= 11 is 0. The molecule has 0 radical (unpaired) electrons. The summed E-state index contributed by atoms with van der Waals surface area (Å²) in [5, 5.41) is 3.43. The van der Waals surface area contributed by atoms with E-state index in [0.29, 0.717) is 11.9 Å². The average molecular weight is 268 g/mol. The highest BCUT2D eigenvalue weighted by Gasteiger charge is 2.24. The number of nitrogens with zero attached hydrogens (tertiary/aromatic N) is 3. The van der Waals surface area contributed by atoms with Gasteiger partial charge in [0, 0.05) is 24.8 Å². The zero-order chi connectivity index (χ0) is 13.5. The molecular formula is C15H16N4O. The van der Waals surface area contributed by atoms with Crippen LogP contribution in [0, 0.1) is 6.92 Å². The zero-order valence-corrected chi connectivity index (χ0v) is 11.3. The molecule has 2 aromatic heterocycles. The van der Waals surface area contributed by atoms with Crippen LogP contribution in [0.25, 0.3) is 11.1 Å². The van der Waals surface area contributed by atoms with Crippen molar-refractivity contribution in [2.24, 2.45) is 0 Å². The van der Waals surface area contributed by atoms with E-state index in [2.05, 4.69) is 19.9 Å². The molecule has 0 atom stereocenters. The summed E-state index contributed by atoms with van der Waals surface area (Å²) in [7, 11) is 0. The molecular weight excluding hydrogens is 252 g/mol. The maximum atomic E-state index is 5.48. The topological polar surface area (TPSA) is 55.9 Å². The number of nitrogens with one attached hydrogen (secondary N) is 1. The minimum atomic E-state index is 0.662. The molecule has 20 heavy (non-hydrogen) atoms. The van der Waals surface area contributed by atoms with Gasteiger partial charge in [-0.05, 0) is 31.0 Å². The zero-order valence-electron chi connectivity index (χ0n) is 11.3. The van der Waals surface area contributed by atoms with Crippen LogP contribution in [-0.2, 0) is 6.54 Å². The van der Waals surface area contributed by atoms with Crippen molar-refractivity contribution in [2.45, 2.75) is 32.4 Å². The van der Waals surface area contributed by atoms with Crippen LogP contribution >= 0.6 is 0 Å². The van der Waals surface area contributed by atoms with Crippen molar-refractivity contribution in [1.29, 1.82) is 0 Å². The van der Waals surface area contributed by atoms with Crippen molar-refractivity contribution in [1.82, 2.24) is 14.5 Å². The molecule has 1 saturated carbocycles. The molecule has 1 N–H and O–H groups in total. The Morgan fingerprint density at radius 2 is 2.30 bits per heavy atom. The Balaban J connectivity index is 1.53. The van der Waals surface area contributed by atoms with Gasteiger partial charge in [-0.1, -0.05) is 0 Å². The Bertz CT molecular complexity index is 754. The van der Waals surface area contributed by atoms with E-state index in [9.17, 15) is 0 Å². The molecule has 4 rings (SSSR count). The standard InChI is InChI=1S/C15H16N4O/c1-10-18-14-6-11(2-5-15(14)20-10)17-8-13-7-16-9-19(13)12-3-4-12/h2,5-7,9,12,17H,3-4,8H2,1H3. The van der Waals surface area contributed by atoms with E-state index in [-0.39, 0.29) is 0 Å². The Morgan fingerprint density at radius 3 is 3.15 bits per heavy atom. The summed E-state index contributed by atoms with van der Waals surface area (Å²) in [6, 6.07) is 6.65. The minimum Gasteiger partial charge on any atom is -0.441 e. The van der Waals surface area contributed by atoms with E-state index < -0.39 is 0 Å². The maximum absolute atomic E-state index is 5.48. The summed E-state index contributed by atoms with van der Waals surface area (Å²) in [5.74, 6) is 0.698. The van der Waals surface area contributed by atoms with E-state index in [4.69, 9.17) is 4.42 Å². The quantitative estimate of drug-likeness (QED) is 0.789. The fourth-order valence-electron chi connectivity index (χ4n) is 2.50. The lowest BCUT2D eigenvalue weighted by molar-refractivity contribution is 0.561. The number of imidazole rings is 1. The molecule has 1 aliphatic carbocycles. The minimum absolute atomic E-state index is 0.662. The van der Waals surface area contributed by atoms with Gasteiger partial charge in [-0.3, -0.25) is 0 Å². The van der Waals surface area contributed by atoms with Gasteiger partial charge < -0.3 is 14.3 Å². The molecule has 0 bridgehead atoms. The van der Waals surface area contributed by atoms with E-state index in [1.165, 1.54) is 18.5 Å². The van der Waals surface area contributed by atoms with E-state index in [1.54, 1.807) is 0 Å². The maximum Gasteiger partial charge on any atom is 0.192 e. The third-order valence-corrected chi connectivity index (χ3v) is 3.65. The number of rotatable bonds is 4. The summed E-state index contributed by atoms with van der Waals surface area (Å²) in [6.45, 7) is 2.64. The van der Waals surface area contributed by atoms with Gasteiger partial charge in [0.05, 0.1) is 18.6 Å². The molecule has 5 nitrogen and oxygen atoms in total. The largest absolute Gasteiger partial charge is 0.441 e. The van der Waals surface area contributed by atoms with E-state index in [0.717, 1.165) is 23.3 Å². The monoisotopic (exact) mass is 268 g/mol. The van der Waals surface area contributed by atoms with Crippen LogP contribution in [0.2, 0.25) is 0 Å². The average Bonchev–Trinajstić information content (AvgIpc) is 3.05. The lowest BCUT2D eigenvalue weighted by Gasteiger charge is -2.09. The van der Waals surface area contributed by atoms with Crippen LogP contribution in [0.5, 0.6) is 0 Å². The number of fused-ring (bicyclic) bond motifs is 1. The van der Waals surface area contributed by atoms with Crippen LogP contribution in [0.4, 0.5) is 5.69 Å². The number of benzene rings is 1. The SMILES string of the molecule is Cc1nc2cc(NCc3cncn3C3CC3)ccc2o1. The second-order valence-corrected chi connectivity index (χ2v) is 5.29. The van der Waals surface area contributed by atoms with Crippen molar-refractivity contribution in [2.75, 3.05) is 5.32 Å². The predicted molar refractivity (Wildman–Crippen MR) is 76.6 cm³/mol. The molecule has 3 aromatic rings. The summed E-state index contributed by atoms with van der Waals surface area (Å²) in [6.07, 6.45) is 6.41. The molecule has 1 aromatic carbocycles.